The molecule has 738 valence electrons. The van der Waals surface area contributed by atoms with E-state index < -0.39 is 93.3 Å². The fourth-order valence-corrected chi connectivity index (χ4v) is 18.9. The van der Waals surface area contributed by atoms with Crippen molar-refractivity contribution in [3.63, 3.8) is 0 Å². The lowest BCUT2D eigenvalue weighted by Crippen LogP contribution is -2.53. The third-order valence-electron chi connectivity index (χ3n) is 34.6. The minimum absolute atomic E-state index is 0.205. The lowest BCUT2D eigenvalue weighted by molar-refractivity contribution is -0.164. The van der Waals surface area contributed by atoms with Crippen LogP contribution in [0.3, 0.4) is 0 Å². The van der Waals surface area contributed by atoms with Crippen molar-refractivity contribution in [1.82, 2.24) is 0 Å². The van der Waals surface area contributed by atoms with Gasteiger partial charge in [0.2, 0.25) is 0 Å². The van der Waals surface area contributed by atoms with Crippen LogP contribution in [0.4, 0.5) is 0 Å². The zero-order chi connectivity index (χ0) is 105. The fourth-order valence-electron chi connectivity index (χ4n) is 18.9. The van der Waals surface area contributed by atoms with Gasteiger partial charge in [0.05, 0.1) is 141 Å². The van der Waals surface area contributed by atoms with Gasteiger partial charge in [-0.2, -0.15) is 0 Å². The van der Waals surface area contributed by atoms with Crippen LogP contribution in [0, 0.1) is 65.0 Å². The summed E-state index contributed by atoms with van der Waals surface area (Å²) in [4.78, 5) is 149. The van der Waals surface area contributed by atoms with Gasteiger partial charge in [-0.05, 0) is 263 Å². The molecule has 0 aromatic carbocycles. The van der Waals surface area contributed by atoms with E-state index in [0.717, 1.165) is 111 Å². The summed E-state index contributed by atoms with van der Waals surface area (Å²) < 4.78 is 59.5. The number of methoxy groups -OCH3 is 12. The molecule has 0 aromatic heterocycles. The largest absolute Gasteiger partial charge is 0.468 e. The number of carbonyl (C=O) groups is 12. The Morgan fingerprint density at radius 1 is 0.167 bits per heavy atom. The smallest absolute Gasteiger partial charge is 0.339 e. The average Bonchev–Trinajstić information content (AvgIpc) is 1.52. The van der Waals surface area contributed by atoms with Crippen molar-refractivity contribution < 1.29 is 114 Å². The van der Waals surface area contributed by atoms with Crippen LogP contribution in [0.15, 0.2) is 167 Å². The lowest BCUT2D eigenvalue weighted by atomic mass is 9.50. The third kappa shape index (κ3) is 20.4. The molecule has 6 aliphatic carbocycles. The van der Waals surface area contributed by atoms with E-state index in [9.17, 15) is 57.5 Å². The summed E-state index contributed by atoms with van der Waals surface area (Å²) in [6.45, 7) is 84.0. The number of esters is 12. The van der Waals surface area contributed by atoms with Crippen molar-refractivity contribution in [3.05, 3.63) is 167 Å². The highest BCUT2D eigenvalue weighted by Gasteiger charge is 2.63. The van der Waals surface area contributed by atoms with Crippen LogP contribution in [0.1, 0.15) is 291 Å². The summed E-state index contributed by atoms with van der Waals surface area (Å²) >= 11 is 0. The molecule has 0 spiro atoms. The summed E-state index contributed by atoms with van der Waals surface area (Å²) in [5.41, 5.74) is 16.1. The maximum Gasteiger partial charge on any atom is 0.339 e. The second kappa shape index (κ2) is 43.4. The maximum absolute atomic E-state index is 12.9. The SMILES string of the molecule is COC(=O)C1=C(C(=O)OC)C(C)(C)C(C)(C)C(C)(C)C(C)=C1C.COC(=O)C1=C(C(=O)OC)C(C)=C(C)C(C)(C)C(C)=C1C.COC(=O)C1=C(C)C(C)(C)C(C)(C)C(C)(C)C(C)=C1C(=O)OC.COC(=O)C1=C(C)C(C)=C(C)C(C)(C)C(C)(C)C1(C)C(=O)OC.COC(=O)C1=C(C)C(C)=C(C)C(C)(C)C(C)=C1C(=O)OC.COC(=O)C1=C(C)C(C)=C(C)C(C)=C(C)C1(C)C(=O)OC. The predicted octanol–water partition coefficient (Wildman–Crippen LogP) is 22.2. The van der Waals surface area contributed by atoms with Crippen LogP contribution in [-0.2, 0) is 114 Å². The Kier molecular flexibility index (Phi) is 39.4. The molecule has 0 fully saturated rings. The molecule has 6 aliphatic rings. The van der Waals surface area contributed by atoms with E-state index in [2.05, 4.69) is 104 Å². The monoisotopic (exact) mass is 1840 g/mol. The Bertz CT molecular complexity index is 5130. The molecule has 2 unspecified atom stereocenters. The van der Waals surface area contributed by atoms with E-state index in [1.165, 1.54) is 85.3 Å². The van der Waals surface area contributed by atoms with E-state index in [-0.39, 0.29) is 43.3 Å². The topological polar surface area (TPSA) is 316 Å². The van der Waals surface area contributed by atoms with Crippen LogP contribution in [0.2, 0.25) is 0 Å². The van der Waals surface area contributed by atoms with Gasteiger partial charge < -0.3 is 56.8 Å². The molecule has 6 rings (SSSR count). The van der Waals surface area contributed by atoms with Crippen LogP contribution in [0.5, 0.6) is 0 Å². The standard InChI is InChI=1S/3C19H30O4.3C17H24O4/c1-11-13(15(20)22-9)14(16(21)23-10)12(2)18(5,6)19(7,8)17(11,3)4;1-11-12(2)17(3,4)19(7,8)18(5,6)14(16(21)23-10)13(11)15(20)22-9;1-11-12(2)14(15(20)22-9)19(8,16(21)23-10)18(6,7)17(4,5)13(11)3;1-9-11(3)17(5,6)12(4)10(2)14(16(19)21-8)13(9)15(18)20-7;1-9-10(2)13(15(18)20-7)14(16(19)21-8)12(4)17(5,6)11(9)3;1-9-10(2)12(4)14(15(18)20-7)17(6,16(19)21-8)13(5)11(9)3/h3*1-10H3;3*1-8H3. The highest BCUT2D eigenvalue weighted by molar-refractivity contribution is 6.11. The van der Waals surface area contributed by atoms with Crippen molar-refractivity contribution in [2.45, 2.75) is 291 Å². The van der Waals surface area contributed by atoms with Gasteiger partial charge in [-0.15, -0.1) is 0 Å². The molecule has 24 heteroatoms. The summed E-state index contributed by atoms with van der Waals surface area (Å²) in [6, 6.07) is 0. The first-order valence-corrected chi connectivity index (χ1v) is 44.3. The predicted molar refractivity (Wildman–Crippen MR) is 517 cm³/mol. The van der Waals surface area contributed by atoms with Crippen molar-refractivity contribution in [2.24, 2.45) is 65.0 Å². The van der Waals surface area contributed by atoms with E-state index in [1.54, 1.807) is 13.8 Å². The Morgan fingerprint density at radius 3 is 0.735 bits per heavy atom. The molecule has 0 amide bonds. The summed E-state index contributed by atoms with van der Waals surface area (Å²) in [5.74, 6) is -5.88. The lowest BCUT2D eigenvalue weighted by Gasteiger charge is -2.52. The number of ether oxygens (including phenoxy) is 12. The minimum atomic E-state index is -1.14. The molecular weight excluding hydrogens is 1680 g/mol. The van der Waals surface area contributed by atoms with Crippen LogP contribution >= 0.6 is 0 Å². The molecule has 0 saturated heterocycles. The molecule has 0 saturated carbocycles. The van der Waals surface area contributed by atoms with Gasteiger partial charge >= 0.3 is 71.6 Å². The van der Waals surface area contributed by atoms with E-state index in [1.807, 2.05) is 173 Å². The van der Waals surface area contributed by atoms with E-state index in [0.29, 0.717) is 55.7 Å². The average molecular weight is 1840 g/mol. The normalized spacial score (nSPS) is 22.1. The van der Waals surface area contributed by atoms with Gasteiger partial charge in [-0.3, -0.25) is 9.59 Å². The number of rotatable bonds is 12. The Labute approximate surface area is 790 Å². The maximum atomic E-state index is 12.9. The Morgan fingerprint density at radius 2 is 0.394 bits per heavy atom. The molecule has 0 aliphatic heterocycles. The first-order chi connectivity index (χ1) is 59.7. The highest BCUT2D eigenvalue weighted by atomic mass is 16.6. The summed E-state index contributed by atoms with van der Waals surface area (Å²) in [6.07, 6.45) is 0. The second-order valence-corrected chi connectivity index (χ2v) is 40.6. The Balaban J connectivity index is 0.000000792. The van der Waals surface area contributed by atoms with Gasteiger partial charge in [0.1, 0.15) is 10.8 Å². The van der Waals surface area contributed by atoms with Crippen LogP contribution in [0.25, 0.3) is 0 Å². The molecule has 0 N–H and O–H groups in total. The second-order valence-electron chi connectivity index (χ2n) is 40.6. The fraction of sp³-hybridized carbons (Fsp3) is 0.611. The molecule has 132 heavy (non-hydrogen) atoms. The molecule has 0 radical (unpaired) electrons. The van der Waals surface area contributed by atoms with Crippen molar-refractivity contribution in [3.8, 4) is 0 Å². The van der Waals surface area contributed by atoms with Gasteiger partial charge in [0.15, 0.2) is 0 Å². The third-order valence-corrected chi connectivity index (χ3v) is 34.6. The quantitative estimate of drug-likeness (QED) is 0.129. The molecule has 24 nitrogen and oxygen atoms in total. The molecule has 0 heterocycles. The van der Waals surface area contributed by atoms with Crippen molar-refractivity contribution in [1.29, 1.82) is 0 Å². The van der Waals surface area contributed by atoms with Crippen LogP contribution in [-0.4, -0.2) is 157 Å². The van der Waals surface area contributed by atoms with Crippen molar-refractivity contribution >= 4 is 71.6 Å². The van der Waals surface area contributed by atoms with Gasteiger partial charge in [0, 0.05) is 16.2 Å². The van der Waals surface area contributed by atoms with Gasteiger partial charge in [-0.1, -0.05) is 177 Å². The molecule has 0 aromatic rings. The van der Waals surface area contributed by atoms with Gasteiger partial charge in [-0.25, -0.2) is 47.9 Å². The van der Waals surface area contributed by atoms with Gasteiger partial charge in [0.25, 0.3) is 0 Å². The zero-order valence-corrected chi connectivity index (χ0v) is 90.8. The summed E-state index contributed by atoms with van der Waals surface area (Å²) in [7, 11) is 16.0. The molecule has 0 bridgehead atoms. The highest BCUT2D eigenvalue weighted by Crippen LogP contribution is 2.65. The molecular formula is C108H162O24. The first kappa shape index (κ1) is 120. The summed E-state index contributed by atoms with van der Waals surface area (Å²) in [5, 5.41) is 0. The number of allylic oxidation sites excluding steroid dienone is 16. The Hall–Kier alpha value is -10.3. The number of hydrogen-bond acceptors (Lipinski definition) is 24. The zero-order valence-electron chi connectivity index (χ0n) is 90.8. The first-order valence-electron chi connectivity index (χ1n) is 44.3. The molecule has 2 atom stereocenters. The van der Waals surface area contributed by atoms with Crippen molar-refractivity contribution in [2.75, 3.05) is 85.3 Å². The van der Waals surface area contributed by atoms with E-state index >= 15 is 0 Å². The number of hydrogen-bond donors (Lipinski definition) is 0. The van der Waals surface area contributed by atoms with E-state index in [4.69, 9.17) is 56.8 Å². The minimum Gasteiger partial charge on any atom is -0.468 e. The number of carbonyl (C=O) groups excluding carboxylic acids is 12. The van der Waals surface area contributed by atoms with Crippen LogP contribution < -0.4 is 0 Å².